The third-order valence-corrected chi connectivity index (χ3v) is 3.82. The maximum atomic E-state index is 9.72. The third-order valence-electron chi connectivity index (χ3n) is 3.05. The van der Waals surface area contributed by atoms with E-state index in [4.69, 9.17) is 0 Å². The van der Waals surface area contributed by atoms with Crippen molar-refractivity contribution in [1.29, 1.82) is 0 Å². The number of aliphatic hydroxyl groups is 1. The third kappa shape index (κ3) is 3.19. The minimum Gasteiger partial charge on any atom is -0.389 e. The van der Waals surface area contributed by atoms with Crippen molar-refractivity contribution in [2.24, 2.45) is 0 Å². The summed E-state index contributed by atoms with van der Waals surface area (Å²) in [6, 6.07) is 8.31. The summed E-state index contributed by atoms with van der Waals surface area (Å²) in [5.41, 5.74) is 2.68. The Hall–Kier alpha value is -0.600. The van der Waals surface area contributed by atoms with Crippen molar-refractivity contribution in [2.45, 2.75) is 38.2 Å². The molecule has 0 saturated carbocycles. The van der Waals surface area contributed by atoms with Crippen LogP contribution >= 0.6 is 15.9 Å². The molecule has 2 rings (SSSR count). The summed E-state index contributed by atoms with van der Waals surface area (Å²) in [5, 5.41) is 9.72. The quantitative estimate of drug-likeness (QED) is 0.816. The molecule has 16 heavy (non-hydrogen) atoms. The van der Waals surface area contributed by atoms with Gasteiger partial charge in [-0.15, -0.1) is 0 Å². The Labute approximate surface area is 105 Å². The SMILES string of the molecule is OC1C=C(Cc2ccccc2Br)CCCC1. The smallest absolute Gasteiger partial charge is 0.0723 e. The first kappa shape index (κ1) is 11.9. The second-order valence-electron chi connectivity index (χ2n) is 4.41. The summed E-state index contributed by atoms with van der Waals surface area (Å²) < 4.78 is 1.16. The van der Waals surface area contributed by atoms with Crippen molar-refractivity contribution in [3.63, 3.8) is 0 Å². The number of rotatable bonds is 2. The zero-order chi connectivity index (χ0) is 11.4. The molecular formula is C14H17BrO. The van der Waals surface area contributed by atoms with E-state index in [1.807, 2.05) is 12.1 Å². The minimum atomic E-state index is -0.236. The molecule has 0 saturated heterocycles. The van der Waals surface area contributed by atoms with Crippen molar-refractivity contribution in [2.75, 3.05) is 0 Å². The summed E-state index contributed by atoms with van der Waals surface area (Å²) in [6.45, 7) is 0. The number of halogens is 1. The molecule has 0 aliphatic heterocycles. The summed E-state index contributed by atoms with van der Waals surface area (Å²) in [7, 11) is 0. The molecule has 86 valence electrons. The maximum absolute atomic E-state index is 9.72. The largest absolute Gasteiger partial charge is 0.389 e. The molecule has 1 unspecified atom stereocenters. The van der Waals surface area contributed by atoms with E-state index < -0.39 is 0 Å². The zero-order valence-electron chi connectivity index (χ0n) is 9.32. The van der Waals surface area contributed by atoms with Gasteiger partial charge in [0.05, 0.1) is 6.10 Å². The molecule has 2 heteroatoms. The van der Waals surface area contributed by atoms with E-state index >= 15 is 0 Å². The van der Waals surface area contributed by atoms with E-state index in [2.05, 4.69) is 34.1 Å². The van der Waals surface area contributed by atoms with Crippen LogP contribution in [0.1, 0.15) is 31.2 Å². The van der Waals surface area contributed by atoms with Gasteiger partial charge in [0.2, 0.25) is 0 Å². The molecule has 0 heterocycles. The standard InChI is InChI=1S/C14H17BrO/c15-14-8-4-2-6-12(14)9-11-5-1-3-7-13(16)10-11/h2,4,6,8,10,13,16H,1,3,5,7,9H2. The number of allylic oxidation sites excluding steroid dienone is 1. The fourth-order valence-electron chi connectivity index (χ4n) is 2.18. The Kier molecular flexibility index (Phi) is 4.19. The molecule has 1 aromatic rings. The van der Waals surface area contributed by atoms with E-state index in [9.17, 15) is 5.11 Å². The summed E-state index contributed by atoms with van der Waals surface area (Å²) >= 11 is 3.57. The lowest BCUT2D eigenvalue weighted by Gasteiger charge is -2.08. The highest BCUT2D eigenvalue weighted by atomic mass is 79.9. The van der Waals surface area contributed by atoms with Gasteiger partial charge in [0.1, 0.15) is 0 Å². The molecule has 0 spiro atoms. The van der Waals surface area contributed by atoms with Crippen molar-refractivity contribution in [3.05, 3.63) is 46.0 Å². The van der Waals surface area contributed by atoms with E-state index in [0.29, 0.717) is 0 Å². The molecule has 1 atom stereocenters. The van der Waals surface area contributed by atoms with E-state index in [0.717, 1.165) is 30.2 Å². The molecule has 1 nitrogen and oxygen atoms in total. The van der Waals surface area contributed by atoms with E-state index in [-0.39, 0.29) is 6.10 Å². The highest BCUT2D eigenvalue weighted by molar-refractivity contribution is 9.10. The predicted octanol–water partition coefficient (Wildman–Crippen LogP) is 3.85. The molecule has 1 N–H and O–H groups in total. The minimum absolute atomic E-state index is 0.236. The van der Waals surface area contributed by atoms with Crippen LogP contribution in [0.2, 0.25) is 0 Å². The molecule has 1 aliphatic rings. The number of benzene rings is 1. The average molecular weight is 281 g/mol. The fourth-order valence-corrected chi connectivity index (χ4v) is 2.60. The van der Waals surface area contributed by atoms with Gasteiger partial charge in [-0.3, -0.25) is 0 Å². The van der Waals surface area contributed by atoms with Gasteiger partial charge in [-0.25, -0.2) is 0 Å². The van der Waals surface area contributed by atoms with Crippen LogP contribution in [0, 0.1) is 0 Å². The van der Waals surface area contributed by atoms with Gasteiger partial charge in [0.15, 0.2) is 0 Å². The first-order valence-corrected chi connectivity index (χ1v) is 6.66. The van der Waals surface area contributed by atoms with Crippen molar-refractivity contribution in [1.82, 2.24) is 0 Å². The molecule has 0 amide bonds. The van der Waals surface area contributed by atoms with Crippen LogP contribution in [-0.2, 0) is 6.42 Å². The maximum Gasteiger partial charge on any atom is 0.0723 e. The van der Waals surface area contributed by atoms with Crippen LogP contribution in [0.4, 0.5) is 0 Å². The lowest BCUT2D eigenvalue weighted by atomic mass is 10.0. The van der Waals surface area contributed by atoms with Gasteiger partial charge in [0.25, 0.3) is 0 Å². The molecule has 1 aliphatic carbocycles. The molecular weight excluding hydrogens is 264 g/mol. The van der Waals surface area contributed by atoms with Gasteiger partial charge in [-0.1, -0.05) is 52.2 Å². The number of hydrogen-bond acceptors (Lipinski definition) is 1. The van der Waals surface area contributed by atoms with Crippen molar-refractivity contribution in [3.8, 4) is 0 Å². The van der Waals surface area contributed by atoms with Crippen LogP contribution in [0.3, 0.4) is 0 Å². The second-order valence-corrected chi connectivity index (χ2v) is 5.26. The topological polar surface area (TPSA) is 20.2 Å². The second kappa shape index (κ2) is 5.65. The Morgan fingerprint density at radius 3 is 2.88 bits per heavy atom. The molecule has 0 radical (unpaired) electrons. The normalized spacial score (nSPS) is 21.4. The Bertz CT molecular complexity index is 384. The summed E-state index contributed by atoms with van der Waals surface area (Å²) in [5.74, 6) is 0. The van der Waals surface area contributed by atoms with Crippen molar-refractivity contribution < 1.29 is 5.11 Å². The highest BCUT2D eigenvalue weighted by Gasteiger charge is 2.10. The van der Waals surface area contributed by atoms with Gasteiger partial charge in [0, 0.05) is 4.47 Å². The molecule has 0 fully saturated rings. The van der Waals surface area contributed by atoms with Gasteiger partial charge < -0.3 is 5.11 Å². The van der Waals surface area contributed by atoms with Crippen LogP contribution in [0.25, 0.3) is 0 Å². The summed E-state index contributed by atoms with van der Waals surface area (Å²) in [4.78, 5) is 0. The summed E-state index contributed by atoms with van der Waals surface area (Å²) in [6.07, 6.45) is 7.15. The zero-order valence-corrected chi connectivity index (χ0v) is 10.9. The van der Waals surface area contributed by atoms with Crippen LogP contribution < -0.4 is 0 Å². The monoisotopic (exact) mass is 280 g/mol. The number of hydrogen-bond donors (Lipinski definition) is 1. The van der Waals surface area contributed by atoms with Crippen LogP contribution in [0.15, 0.2) is 40.4 Å². The number of aliphatic hydroxyl groups excluding tert-OH is 1. The highest BCUT2D eigenvalue weighted by Crippen LogP contribution is 2.24. The lowest BCUT2D eigenvalue weighted by molar-refractivity contribution is 0.211. The first-order chi connectivity index (χ1) is 7.75. The van der Waals surface area contributed by atoms with E-state index in [1.165, 1.54) is 17.6 Å². The average Bonchev–Trinajstić information content (AvgIpc) is 2.46. The molecule has 1 aromatic carbocycles. The Balaban J connectivity index is 2.11. The van der Waals surface area contributed by atoms with Crippen LogP contribution in [-0.4, -0.2) is 11.2 Å². The molecule has 0 aromatic heterocycles. The van der Waals surface area contributed by atoms with Gasteiger partial charge in [-0.2, -0.15) is 0 Å². The molecule has 0 bridgehead atoms. The Morgan fingerprint density at radius 1 is 1.25 bits per heavy atom. The fraction of sp³-hybridized carbons (Fsp3) is 0.429. The van der Waals surface area contributed by atoms with E-state index in [1.54, 1.807) is 0 Å². The lowest BCUT2D eigenvalue weighted by Crippen LogP contribution is -2.01. The van der Waals surface area contributed by atoms with Gasteiger partial charge in [-0.05, 0) is 37.3 Å². The predicted molar refractivity (Wildman–Crippen MR) is 70.4 cm³/mol. The van der Waals surface area contributed by atoms with Gasteiger partial charge >= 0.3 is 0 Å². The van der Waals surface area contributed by atoms with Crippen molar-refractivity contribution >= 4 is 15.9 Å². The first-order valence-electron chi connectivity index (χ1n) is 5.87. The Morgan fingerprint density at radius 2 is 2.06 bits per heavy atom. The van der Waals surface area contributed by atoms with Crippen LogP contribution in [0.5, 0.6) is 0 Å².